The summed E-state index contributed by atoms with van der Waals surface area (Å²) in [6, 6.07) is 9.15. The molecule has 2 aromatic rings. The zero-order chi connectivity index (χ0) is 19.1. The Morgan fingerprint density at radius 2 is 1.92 bits per heavy atom. The fraction of sp³-hybridized carbons (Fsp3) is 0.0667. The van der Waals surface area contributed by atoms with Crippen LogP contribution in [-0.2, 0) is 4.79 Å². The van der Waals surface area contributed by atoms with Gasteiger partial charge in [-0.3, -0.25) is 25.0 Å². The minimum atomic E-state index is -0.752. The van der Waals surface area contributed by atoms with E-state index < -0.39 is 33.8 Å². The lowest BCUT2D eigenvalue weighted by atomic mass is 10.2. The number of nitrogens with one attached hydrogen (secondary N) is 1. The molecule has 26 heavy (non-hydrogen) atoms. The lowest BCUT2D eigenvalue weighted by Gasteiger charge is -2.04. The number of phenols is 1. The topological polar surface area (TPSA) is 157 Å². The van der Waals surface area contributed by atoms with Gasteiger partial charge >= 0.3 is 5.69 Å². The Bertz CT molecular complexity index is 882. The summed E-state index contributed by atoms with van der Waals surface area (Å²) < 4.78 is 5.11. The van der Waals surface area contributed by atoms with Crippen LogP contribution in [0.4, 0.5) is 11.4 Å². The largest absolute Gasteiger partial charge is 0.502 e. The average molecular weight is 360 g/mol. The highest BCUT2D eigenvalue weighted by atomic mass is 16.6. The molecule has 11 heteroatoms. The molecule has 0 aliphatic carbocycles. The molecule has 0 saturated carbocycles. The van der Waals surface area contributed by atoms with Crippen LogP contribution in [0, 0.1) is 20.2 Å². The molecule has 0 bridgehead atoms. The fourth-order valence-electron chi connectivity index (χ4n) is 1.84. The maximum Gasteiger partial charge on any atom is 0.311 e. The summed E-state index contributed by atoms with van der Waals surface area (Å²) in [7, 11) is 0. The van der Waals surface area contributed by atoms with Crippen molar-refractivity contribution >= 4 is 23.5 Å². The molecule has 0 radical (unpaired) electrons. The Hall–Kier alpha value is -4.02. The molecule has 0 saturated heterocycles. The number of phenolic OH excluding ortho intramolecular Hbond substituents is 1. The summed E-state index contributed by atoms with van der Waals surface area (Å²) in [6.45, 7) is -0.459. The van der Waals surface area contributed by atoms with Gasteiger partial charge in [-0.2, -0.15) is 5.10 Å². The number of para-hydroxylation sites is 1. The van der Waals surface area contributed by atoms with E-state index in [0.717, 1.165) is 18.3 Å². The number of carbonyl (C=O) groups is 1. The van der Waals surface area contributed by atoms with Crippen LogP contribution >= 0.6 is 0 Å². The van der Waals surface area contributed by atoms with Gasteiger partial charge in [0.25, 0.3) is 11.6 Å². The van der Waals surface area contributed by atoms with Gasteiger partial charge < -0.3 is 9.84 Å². The Balaban J connectivity index is 1.92. The van der Waals surface area contributed by atoms with E-state index in [1.807, 2.05) is 0 Å². The zero-order valence-electron chi connectivity index (χ0n) is 13.1. The van der Waals surface area contributed by atoms with Gasteiger partial charge in [0.2, 0.25) is 5.75 Å². The third kappa shape index (κ3) is 4.74. The van der Waals surface area contributed by atoms with Crippen molar-refractivity contribution in [1.29, 1.82) is 0 Å². The molecule has 2 aromatic carbocycles. The summed E-state index contributed by atoms with van der Waals surface area (Å²) in [5.74, 6) is -1.12. The highest BCUT2D eigenvalue weighted by molar-refractivity contribution is 5.87. The van der Waals surface area contributed by atoms with Crippen LogP contribution < -0.4 is 10.2 Å². The fourth-order valence-corrected chi connectivity index (χ4v) is 1.84. The highest BCUT2D eigenvalue weighted by Crippen LogP contribution is 2.27. The van der Waals surface area contributed by atoms with E-state index in [4.69, 9.17) is 4.74 Å². The van der Waals surface area contributed by atoms with Crippen LogP contribution in [0.25, 0.3) is 0 Å². The normalized spacial score (nSPS) is 10.5. The monoisotopic (exact) mass is 360 g/mol. The molecule has 0 aliphatic heterocycles. The summed E-state index contributed by atoms with van der Waals surface area (Å²) in [6.07, 6.45) is 1.04. The van der Waals surface area contributed by atoms with Gasteiger partial charge in [0.15, 0.2) is 6.61 Å². The third-order valence-electron chi connectivity index (χ3n) is 3.03. The zero-order valence-corrected chi connectivity index (χ0v) is 13.1. The van der Waals surface area contributed by atoms with Gasteiger partial charge in [0.1, 0.15) is 5.75 Å². The molecule has 2 rings (SSSR count). The number of nitro groups is 2. The van der Waals surface area contributed by atoms with E-state index in [9.17, 15) is 30.1 Å². The lowest BCUT2D eigenvalue weighted by Crippen LogP contribution is -2.24. The summed E-state index contributed by atoms with van der Waals surface area (Å²) in [5, 5.41) is 34.7. The van der Waals surface area contributed by atoms with Crippen LogP contribution in [0.3, 0.4) is 0 Å². The highest BCUT2D eigenvalue weighted by Gasteiger charge is 2.15. The number of hydrazone groups is 1. The minimum Gasteiger partial charge on any atom is -0.502 e. The Kier molecular flexibility index (Phi) is 5.77. The Morgan fingerprint density at radius 1 is 1.19 bits per heavy atom. The lowest BCUT2D eigenvalue weighted by molar-refractivity contribution is -0.385. The molecule has 0 heterocycles. The number of carbonyl (C=O) groups excluding carboxylic acids is 1. The van der Waals surface area contributed by atoms with Crippen molar-refractivity contribution < 1.29 is 24.5 Å². The molecule has 0 fully saturated rings. The number of ether oxygens (including phenoxy) is 1. The SMILES string of the molecule is O=C(COc1cccc([N+](=O)[O-])c1)N/N=C/c1cccc([N+](=O)[O-])c1O. The smallest absolute Gasteiger partial charge is 0.311 e. The maximum atomic E-state index is 11.6. The van der Waals surface area contributed by atoms with Crippen molar-refractivity contribution in [1.82, 2.24) is 5.43 Å². The van der Waals surface area contributed by atoms with Gasteiger partial charge in [0.05, 0.1) is 22.1 Å². The molecular weight excluding hydrogens is 348 g/mol. The molecule has 0 atom stereocenters. The molecular formula is C15H12N4O7. The first-order valence-electron chi connectivity index (χ1n) is 7.04. The van der Waals surface area contributed by atoms with Crippen molar-refractivity contribution in [3.63, 3.8) is 0 Å². The van der Waals surface area contributed by atoms with E-state index in [2.05, 4.69) is 10.5 Å². The molecule has 0 aromatic heterocycles. The maximum absolute atomic E-state index is 11.6. The number of hydrogen-bond acceptors (Lipinski definition) is 8. The Labute approximate surface area is 145 Å². The predicted molar refractivity (Wildman–Crippen MR) is 89.1 cm³/mol. The van der Waals surface area contributed by atoms with Crippen LogP contribution in [-0.4, -0.2) is 33.7 Å². The van der Waals surface area contributed by atoms with Gasteiger partial charge in [-0.05, 0) is 12.1 Å². The first-order valence-corrected chi connectivity index (χ1v) is 7.04. The quantitative estimate of drug-likeness (QED) is 0.432. The molecule has 11 nitrogen and oxygen atoms in total. The number of non-ortho nitro benzene ring substituents is 1. The summed E-state index contributed by atoms with van der Waals surface area (Å²) in [4.78, 5) is 31.6. The van der Waals surface area contributed by atoms with Crippen molar-refractivity contribution in [2.45, 2.75) is 0 Å². The average Bonchev–Trinajstić information content (AvgIpc) is 2.61. The van der Waals surface area contributed by atoms with Crippen molar-refractivity contribution in [3.8, 4) is 11.5 Å². The van der Waals surface area contributed by atoms with Gasteiger partial charge in [-0.1, -0.05) is 12.1 Å². The van der Waals surface area contributed by atoms with E-state index in [1.54, 1.807) is 0 Å². The van der Waals surface area contributed by atoms with Crippen LogP contribution in [0.5, 0.6) is 11.5 Å². The van der Waals surface area contributed by atoms with Crippen molar-refractivity contribution in [2.24, 2.45) is 5.10 Å². The Morgan fingerprint density at radius 3 is 2.62 bits per heavy atom. The number of hydrogen-bond donors (Lipinski definition) is 2. The molecule has 0 unspecified atom stereocenters. The number of nitrogens with zero attached hydrogens (tertiary/aromatic N) is 3. The van der Waals surface area contributed by atoms with Gasteiger partial charge in [-0.25, -0.2) is 5.43 Å². The molecule has 1 amide bonds. The number of rotatable bonds is 7. The second kappa shape index (κ2) is 8.19. The van der Waals surface area contributed by atoms with E-state index in [-0.39, 0.29) is 17.0 Å². The van der Waals surface area contributed by atoms with E-state index in [1.165, 1.54) is 30.3 Å². The second-order valence-electron chi connectivity index (χ2n) is 4.81. The van der Waals surface area contributed by atoms with Crippen molar-refractivity contribution in [3.05, 3.63) is 68.3 Å². The predicted octanol–water partition coefficient (Wildman–Crippen LogP) is 1.74. The number of amides is 1. The van der Waals surface area contributed by atoms with Crippen molar-refractivity contribution in [2.75, 3.05) is 6.61 Å². The molecule has 134 valence electrons. The molecule has 0 spiro atoms. The number of nitro benzene ring substituents is 2. The van der Waals surface area contributed by atoms with Crippen LogP contribution in [0.15, 0.2) is 47.6 Å². The summed E-state index contributed by atoms with van der Waals surface area (Å²) >= 11 is 0. The third-order valence-corrected chi connectivity index (χ3v) is 3.03. The van der Waals surface area contributed by atoms with E-state index >= 15 is 0 Å². The standard InChI is InChI=1S/C15H12N4O7/c20-14(9-26-12-5-2-4-11(7-12)18(22)23)17-16-8-10-3-1-6-13(15(10)21)19(24)25/h1-8,21H,9H2,(H,17,20)/b16-8+. The van der Waals surface area contributed by atoms with Crippen LogP contribution in [0.1, 0.15) is 5.56 Å². The summed E-state index contributed by atoms with van der Waals surface area (Å²) in [5.41, 5.74) is 1.48. The van der Waals surface area contributed by atoms with Crippen LogP contribution in [0.2, 0.25) is 0 Å². The van der Waals surface area contributed by atoms with E-state index in [0.29, 0.717) is 0 Å². The minimum absolute atomic E-state index is 0.0408. The molecule has 0 aliphatic rings. The molecule has 2 N–H and O–H groups in total. The number of benzene rings is 2. The number of aromatic hydroxyl groups is 1. The van der Waals surface area contributed by atoms with Gasteiger partial charge in [-0.15, -0.1) is 0 Å². The first-order chi connectivity index (χ1) is 12.4. The van der Waals surface area contributed by atoms with Gasteiger partial charge in [0, 0.05) is 17.7 Å². The second-order valence-corrected chi connectivity index (χ2v) is 4.81. The first kappa shape index (κ1) is 18.3.